The number of hydrogen-bond donors (Lipinski definition) is 1. The second-order valence-electron chi connectivity index (χ2n) is 7.71. The number of nitrogens with zero attached hydrogens (tertiary/aromatic N) is 4. The summed E-state index contributed by atoms with van der Waals surface area (Å²) in [5.74, 6) is 2.07. The minimum Gasteiger partial charge on any atom is -0.477 e. The predicted octanol–water partition coefficient (Wildman–Crippen LogP) is 6.41. The van der Waals surface area contributed by atoms with Gasteiger partial charge in [0.2, 0.25) is 11.8 Å². The van der Waals surface area contributed by atoms with Crippen LogP contribution in [0.3, 0.4) is 0 Å². The number of aromatic nitrogens is 2. The standard InChI is InChI=1S/C25H33N5O2.C2H6/c1-5-12-30(13-6-2)23-16-22(18-27-29-25-15-19(3)20(4)32-25)28-24(17-23)31-14-10-21-9-7-8-11-26-21;1-2/h7-9,11,15-18,29H,5-6,10,12-14H2,1-4H3;1-2H3/b27-18+;. The summed E-state index contributed by atoms with van der Waals surface area (Å²) in [6, 6.07) is 11.9. The maximum absolute atomic E-state index is 6.00. The van der Waals surface area contributed by atoms with E-state index in [4.69, 9.17) is 9.15 Å². The second-order valence-corrected chi connectivity index (χ2v) is 7.71. The van der Waals surface area contributed by atoms with Crippen molar-refractivity contribution in [3.05, 3.63) is 65.3 Å². The van der Waals surface area contributed by atoms with Gasteiger partial charge in [-0.15, -0.1) is 0 Å². The number of nitrogens with one attached hydrogen (secondary N) is 1. The fourth-order valence-electron chi connectivity index (χ4n) is 3.34. The average molecular weight is 466 g/mol. The minimum absolute atomic E-state index is 0.509. The lowest BCUT2D eigenvalue weighted by atomic mass is 10.2. The number of rotatable bonds is 12. The zero-order valence-electron chi connectivity index (χ0n) is 21.5. The van der Waals surface area contributed by atoms with E-state index in [1.165, 1.54) is 0 Å². The summed E-state index contributed by atoms with van der Waals surface area (Å²) in [4.78, 5) is 11.3. The van der Waals surface area contributed by atoms with Crippen LogP contribution in [-0.4, -0.2) is 35.9 Å². The molecule has 3 aromatic heterocycles. The number of furan rings is 1. The van der Waals surface area contributed by atoms with Crippen molar-refractivity contribution in [3.63, 3.8) is 0 Å². The highest BCUT2D eigenvalue weighted by atomic mass is 16.5. The van der Waals surface area contributed by atoms with Gasteiger partial charge in [0, 0.05) is 49.2 Å². The highest BCUT2D eigenvalue weighted by molar-refractivity contribution is 5.79. The summed E-state index contributed by atoms with van der Waals surface area (Å²) >= 11 is 0. The molecule has 0 radical (unpaired) electrons. The Kier molecular flexibility index (Phi) is 11.7. The SMILES string of the molecule is CC.CCCN(CCC)c1cc(/C=N/Nc2cc(C)c(C)o2)nc(OCCc2ccccn2)c1. The van der Waals surface area contributed by atoms with E-state index >= 15 is 0 Å². The van der Waals surface area contributed by atoms with E-state index in [-0.39, 0.29) is 0 Å². The first-order valence-corrected chi connectivity index (χ1v) is 12.2. The van der Waals surface area contributed by atoms with Crippen LogP contribution in [0.5, 0.6) is 5.88 Å². The van der Waals surface area contributed by atoms with E-state index in [0.29, 0.717) is 18.4 Å². The van der Waals surface area contributed by atoms with Crippen LogP contribution in [0.25, 0.3) is 0 Å². The molecule has 0 bridgehead atoms. The highest BCUT2D eigenvalue weighted by Crippen LogP contribution is 2.22. The molecule has 1 N–H and O–H groups in total. The van der Waals surface area contributed by atoms with Gasteiger partial charge in [-0.2, -0.15) is 5.10 Å². The normalized spacial score (nSPS) is 10.6. The molecule has 184 valence electrons. The number of hydrogen-bond acceptors (Lipinski definition) is 7. The van der Waals surface area contributed by atoms with Crippen LogP contribution in [0.4, 0.5) is 11.6 Å². The monoisotopic (exact) mass is 465 g/mol. The van der Waals surface area contributed by atoms with Gasteiger partial charge in [0.05, 0.1) is 18.5 Å². The van der Waals surface area contributed by atoms with Crippen molar-refractivity contribution in [2.75, 3.05) is 30.0 Å². The van der Waals surface area contributed by atoms with Gasteiger partial charge in [0.1, 0.15) is 5.76 Å². The van der Waals surface area contributed by atoms with E-state index in [9.17, 15) is 0 Å². The van der Waals surface area contributed by atoms with Crippen molar-refractivity contribution in [1.82, 2.24) is 9.97 Å². The Morgan fingerprint density at radius 3 is 2.47 bits per heavy atom. The number of hydrazone groups is 1. The molecular formula is C27H39N5O2. The van der Waals surface area contributed by atoms with Crippen molar-refractivity contribution in [1.29, 1.82) is 0 Å². The molecule has 3 aromatic rings. The fraction of sp³-hybridized carbons (Fsp3) is 0.444. The Morgan fingerprint density at radius 1 is 1.09 bits per heavy atom. The van der Waals surface area contributed by atoms with Crippen molar-refractivity contribution < 1.29 is 9.15 Å². The third-order valence-electron chi connectivity index (χ3n) is 5.03. The molecule has 34 heavy (non-hydrogen) atoms. The summed E-state index contributed by atoms with van der Waals surface area (Å²) in [5.41, 5.74) is 6.83. The molecule has 0 aliphatic heterocycles. The zero-order valence-corrected chi connectivity index (χ0v) is 21.5. The first-order chi connectivity index (χ1) is 16.6. The van der Waals surface area contributed by atoms with Gasteiger partial charge in [0.15, 0.2) is 0 Å². The second kappa shape index (κ2) is 14.7. The van der Waals surface area contributed by atoms with Crippen LogP contribution in [0.1, 0.15) is 63.2 Å². The maximum atomic E-state index is 6.00. The molecule has 3 rings (SSSR count). The van der Waals surface area contributed by atoms with E-state index in [0.717, 1.165) is 60.8 Å². The van der Waals surface area contributed by atoms with Crippen LogP contribution >= 0.6 is 0 Å². The number of pyridine rings is 2. The first-order valence-electron chi connectivity index (χ1n) is 12.2. The molecule has 7 nitrogen and oxygen atoms in total. The third kappa shape index (κ3) is 8.54. The molecule has 0 aliphatic carbocycles. The smallest absolute Gasteiger partial charge is 0.215 e. The molecule has 0 aliphatic rings. The van der Waals surface area contributed by atoms with Crippen molar-refractivity contribution in [3.8, 4) is 5.88 Å². The highest BCUT2D eigenvalue weighted by Gasteiger charge is 2.10. The average Bonchev–Trinajstić information content (AvgIpc) is 3.17. The lowest BCUT2D eigenvalue weighted by Gasteiger charge is -2.24. The van der Waals surface area contributed by atoms with Gasteiger partial charge in [-0.25, -0.2) is 10.4 Å². The maximum Gasteiger partial charge on any atom is 0.215 e. The zero-order chi connectivity index (χ0) is 24.8. The minimum atomic E-state index is 0.509. The largest absolute Gasteiger partial charge is 0.477 e. The van der Waals surface area contributed by atoms with Crippen molar-refractivity contribution >= 4 is 17.8 Å². The number of anilines is 2. The summed E-state index contributed by atoms with van der Waals surface area (Å²) in [6.07, 6.45) is 6.35. The lowest BCUT2D eigenvalue weighted by molar-refractivity contribution is 0.308. The van der Waals surface area contributed by atoms with Crippen LogP contribution in [0.2, 0.25) is 0 Å². The summed E-state index contributed by atoms with van der Waals surface area (Å²) in [7, 11) is 0. The first kappa shape index (κ1) is 26.9. The molecule has 3 heterocycles. The van der Waals surface area contributed by atoms with Gasteiger partial charge in [-0.1, -0.05) is 33.8 Å². The van der Waals surface area contributed by atoms with E-state index in [2.05, 4.69) is 39.2 Å². The predicted molar refractivity (Wildman–Crippen MR) is 141 cm³/mol. The molecule has 0 spiro atoms. The summed E-state index contributed by atoms with van der Waals surface area (Å²) in [6.45, 7) is 14.8. The van der Waals surface area contributed by atoms with E-state index in [1.807, 2.05) is 64.1 Å². The van der Waals surface area contributed by atoms with Gasteiger partial charge >= 0.3 is 0 Å². The van der Waals surface area contributed by atoms with Gasteiger partial charge < -0.3 is 14.1 Å². The van der Waals surface area contributed by atoms with Crippen molar-refractivity contribution in [2.45, 2.75) is 60.8 Å². The van der Waals surface area contributed by atoms with Crippen LogP contribution in [-0.2, 0) is 6.42 Å². The van der Waals surface area contributed by atoms with Crippen molar-refractivity contribution in [2.24, 2.45) is 5.10 Å². The van der Waals surface area contributed by atoms with E-state index in [1.54, 1.807) is 12.4 Å². The Labute approximate surface area is 204 Å². The molecule has 0 saturated carbocycles. The van der Waals surface area contributed by atoms with E-state index < -0.39 is 0 Å². The summed E-state index contributed by atoms with van der Waals surface area (Å²) in [5, 5.41) is 4.31. The van der Waals surface area contributed by atoms with Crippen LogP contribution in [0.15, 0.2) is 52.1 Å². The topological polar surface area (TPSA) is 75.8 Å². The number of ether oxygens (including phenoxy) is 1. The van der Waals surface area contributed by atoms with Gasteiger partial charge in [-0.05, 0) is 50.5 Å². The Balaban J connectivity index is 0.00000199. The Morgan fingerprint density at radius 2 is 1.85 bits per heavy atom. The third-order valence-corrected chi connectivity index (χ3v) is 5.03. The molecule has 0 unspecified atom stereocenters. The van der Waals surface area contributed by atoms with Crippen LogP contribution < -0.4 is 15.1 Å². The Bertz CT molecular complexity index is 976. The molecule has 7 heteroatoms. The quantitative estimate of drug-likeness (QED) is 0.246. The van der Waals surface area contributed by atoms with Gasteiger partial charge in [-0.3, -0.25) is 4.98 Å². The van der Waals surface area contributed by atoms with Crippen LogP contribution in [0, 0.1) is 13.8 Å². The molecule has 0 saturated heterocycles. The molecule has 0 amide bonds. The summed E-state index contributed by atoms with van der Waals surface area (Å²) < 4.78 is 11.6. The molecular weight excluding hydrogens is 426 g/mol. The lowest BCUT2D eigenvalue weighted by Crippen LogP contribution is -2.25. The number of aryl methyl sites for hydroxylation is 2. The fourth-order valence-corrected chi connectivity index (χ4v) is 3.34. The molecule has 0 aromatic carbocycles. The van der Waals surface area contributed by atoms with Gasteiger partial charge in [0.25, 0.3) is 0 Å². The molecule has 0 fully saturated rings. The molecule has 0 atom stereocenters. The Hall–Kier alpha value is -3.35.